The molecule has 1 fully saturated rings. The zero-order chi connectivity index (χ0) is 19.2. The zero-order valence-electron chi connectivity index (χ0n) is 15.6. The largest absolute Gasteiger partial charge is 0.467 e. The van der Waals surface area contributed by atoms with E-state index in [0.29, 0.717) is 31.6 Å². The van der Waals surface area contributed by atoms with Crippen LogP contribution < -0.4 is 4.90 Å². The summed E-state index contributed by atoms with van der Waals surface area (Å²) in [5.74, 6) is -0.926. The summed E-state index contributed by atoms with van der Waals surface area (Å²) in [4.78, 5) is 43.9. The Labute approximate surface area is 153 Å². The summed E-state index contributed by atoms with van der Waals surface area (Å²) in [6, 6.07) is 9.13. The Bertz CT molecular complexity index is 639. The number of hydrogen-bond acceptors (Lipinski definition) is 6. The average molecular weight is 362 g/mol. The molecule has 0 bridgehead atoms. The van der Waals surface area contributed by atoms with Gasteiger partial charge >= 0.3 is 11.9 Å². The van der Waals surface area contributed by atoms with Crippen LogP contribution in [0.25, 0.3) is 0 Å². The van der Waals surface area contributed by atoms with Crippen LogP contribution in [-0.4, -0.2) is 48.6 Å². The number of piperidine rings is 1. The number of carbonyl (C=O) groups excluding carboxylic acids is 3. The molecule has 0 saturated carbocycles. The number of anilines is 1. The Balaban J connectivity index is 2.35. The SMILES string of the molecule is CCC(=O)ON1CCC(C(=O)OC)(N(C(=O)CC)c2ccccc2)CC1. The lowest BCUT2D eigenvalue weighted by Crippen LogP contribution is -2.62. The summed E-state index contributed by atoms with van der Waals surface area (Å²) in [6.07, 6.45) is 1.18. The number of para-hydroxylation sites is 1. The van der Waals surface area contributed by atoms with Gasteiger partial charge in [0.15, 0.2) is 0 Å². The second kappa shape index (κ2) is 8.80. The van der Waals surface area contributed by atoms with Crippen molar-refractivity contribution in [2.75, 3.05) is 25.1 Å². The van der Waals surface area contributed by atoms with Gasteiger partial charge in [-0.25, -0.2) is 4.79 Å². The normalized spacial score (nSPS) is 16.6. The van der Waals surface area contributed by atoms with E-state index in [2.05, 4.69) is 0 Å². The van der Waals surface area contributed by atoms with Gasteiger partial charge in [0.25, 0.3) is 0 Å². The Morgan fingerprint density at radius 1 is 1.08 bits per heavy atom. The number of esters is 1. The first-order valence-corrected chi connectivity index (χ1v) is 8.90. The highest BCUT2D eigenvalue weighted by Gasteiger charge is 2.50. The summed E-state index contributed by atoms with van der Waals surface area (Å²) >= 11 is 0. The Morgan fingerprint density at radius 3 is 2.19 bits per heavy atom. The van der Waals surface area contributed by atoms with Crippen LogP contribution in [0.5, 0.6) is 0 Å². The minimum atomic E-state index is -1.11. The van der Waals surface area contributed by atoms with Gasteiger partial charge in [0.1, 0.15) is 5.54 Å². The third-order valence-electron chi connectivity index (χ3n) is 4.63. The zero-order valence-corrected chi connectivity index (χ0v) is 15.6. The maximum absolute atomic E-state index is 12.8. The third kappa shape index (κ3) is 4.04. The quantitative estimate of drug-likeness (QED) is 0.723. The topological polar surface area (TPSA) is 76.2 Å². The molecule has 26 heavy (non-hydrogen) atoms. The van der Waals surface area contributed by atoms with Gasteiger partial charge in [-0.1, -0.05) is 32.0 Å². The van der Waals surface area contributed by atoms with Crippen molar-refractivity contribution in [2.45, 2.75) is 45.1 Å². The first-order valence-electron chi connectivity index (χ1n) is 8.90. The highest BCUT2D eigenvalue weighted by molar-refractivity contribution is 6.02. The van der Waals surface area contributed by atoms with E-state index in [-0.39, 0.29) is 24.7 Å². The summed E-state index contributed by atoms with van der Waals surface area (Å²) in [5.41, 5.74) is -0.457. The first-order chi connectivity index (χ1) is 12.5. The van der Waals surface area contributed by atoms with Crippen molar-refractivity contribution in [3.05, 3.63) is 30.3 Å². The fraction of sp³-hybridized carbons (Fsp3) is 0.526. The molecule has 7 nitrogen and oxygen atoms in total. The number of benzene rings is 1. The Hall–Kier alpha value is -2.41. The Morgan fingerprint density at radius 2 is 1.69 bits per heavy atom. The fourth-order valence-electron chi connectivity index (χ4n) is 3.23. The molecule has 0 aromatic heterocycles. The molecule has 2 rings (SSSR count). The van der Waals surface area contributed by atoms with Crippen molar-refractivity contribution in [3.63, 3.8) is 0 Å². The lowest BCUT2D eigenvalue weighted by atomic mass is 9.85. The van der Waals surface area contributed by atoms with Crippen LogP contribution in [0.2, 0.25) is 0 Å². The average Bonchev–Trinajstić information content (AvgIpc) is 2.69. The van der Waals surface area contributed by atoms with E-state index in [0.717, 1.165) is 0 Å². The predicted molar refractivity (Wildman–Crippen MR) is 96.2 cm³/mol. The van der Waals surface area contributed by atoms with Crippen molar-refractivity contribution in [3.8, 4) is 0 Å². The molecule has 0 radical (unpaired) electrons. The number of hydrogen-bond donors (Lipinski definition) is 0. The number of hydroxylamine groups is 2. The van der Waals surface area contributed by atoms with Crippen LogP contribution in [0, 0.1) is 0 Å². The minimum absolute atomic E-state index is 0.152. The molecule has 0 aliphatic carbocycles. The van der Waals surface area contributed by atoms with E-state index in [4.69, 9.17) is 9.57 Å². The van der Waals surface area contributed by atoms with Crippen molar-refractivity contribution in [1.82, 2.24) is 5.06 Å². The van der Waals surface area contributed by atoms with Gasteiger partial charge < -0.3 is 9.57 Å². The summed E-state index contributed by atoms with van der Waals surface area (Å²) in [6.45, 7) is 4.19. The highest BCUT2D eigenvalue weighted by Crippen LogP contribution is 2.35. The van der Waals surface area contributed by atoms with Gasteiger partial charge in [-0.05, 0) is 25.0 Å². The van der Waals surface area contributed by atoms with E-state index in [9.17, 15) is 14.4 Å². The molecule has 1 amide bonds. The smallest absolute Gasteiger partial charge is 0.332 e. The molecular formula is C19H26N2O5. The van der Waals surface area contributed by atoms with E-state index in [1.54, 1.807) is 23.8 Å². The van der Waals surface area contributed by atoms with Gasteiger partial charge in [0.05, 0.1) is 7.11 Å². The van der Waals surface area contributed by atoms with Crippen molar-refractivity contribution in [1.29, 1.82) is 0 Å². The lowest BCUT2D eigenvalue weighted by Gasteiger charge is -2.45. The number of ether oxygens (including phenoxy) is 1. The molecule has 1 aromatic rings. The maximum Gasteiger partial charge on any atom is 0.332 e. The predicted octanol–water partition coefficient (Wildman–Crippen LogP) is 2.31. The molecule has 0 spiro atoms. The summed E-state index contributed by atoms with van der Waals surface area (Å²) in [5, 5.41) is 1.55. The standard InChI is InChI=1S/C19H26N2O5/c1-4-16(22)21(15-9-7-6-8-10-15)19(18(24)25-3)11-13-20(14-12-19)26-17(23)5-2/h6-10H,4-5,11-14H2,1-3H3. The van der Waals surface area contributed by atoms with Crippen LogP contribution in [0.1, 0.15) is 39.5 Å². The van der Waals surface area contributed by atoms with Gasteiger partial charge in [-0.15, -0.1) is 5.06 Å². The monoisotopic (exact) mass is 362 g/mol. The van der Waals surface area contributed by atoms with Crippen molar-refractivity contribution >= 4 is 23.5 Å². The number of amides is 1. The van der Waals surface area contributed by atoms with Gasteiger partial charge in [0.2, 0.25) is 5.91 Å². The number of nitrogens with zero attached hydrogens (tertiary/aromatic N) is 2. The van der Waals surface area contributed by atoms with Crippen LogP contribution in [0.4, 0.5) is 5.69 Å². The molecule has 142 valence electrons. The molecule has 1 aromatic carbocycles. The fourth-order valence-corrected chi connectivity index (χ4v) is 3.23. The second-order valence-electron chi connectivity index (χ2n) is 6.19. The molecule has 7 heteroatoms. The van der Waals surface area contributed by atoms with E-state index >= 15 is 0 Å². The van der Waals surface area contributed by atoms with E-state index < -0.39 is 11.5 Å². The van der Waals surface area contributed by atoms with Gasteiger partial charge in [0, 0.05) is 31.6 Å². The summed E-state index contributed by atoms with van der Waals surface area (Å²) in [7, 11) is 1.33. The third-order valence-corrected chi connectivity index (χ3v) is 4.63. The molecule has 1 saturated heterocycles. The molecule has 1 aliphatic rings. The van der Waals surface area contributed by atoms with E-state index in [1.165, 1.54) is 7.11 Å². The van der Waals surface area contributed by atoms with E-state index in [1.807, 2.05) is 30.3 Å². The molecule has 1 aliphatic heterocycles. The van der Waals surface area contributed by atoms with Crippen LogP contribution in [0.3, 0.4) is 0 Å². The van der Waals surface area contributed by atoms with Gasteiger partial charge in [-0.3, -0.25) is 14.5 Å². The molecule has 0 N–H and O–H groups in total. The second-order valence-corrected chi connectivity index (χ2v) is 6.19. The first kappa shape index (κ1) is 19.9. The summed E-state index contributed by atoms with van der Waals surface area (Å²) < 4.78 is 5.07. The molecular weight excluding hydrogens is 336 g/mol. The number of methoxy groups -OCH3 is 1. The highest BCUT2D eigenvalue weighted by atomic mass is 16.7. The van der Waals surface area contributed by atoms with Crippen molar-refractivity contribution in [2.24, 2.45) is 0 Å². The van der Waals surface area contributed by atoms with Crippen molar-refractivity contribution < 1.29 is 24.0 Å². The number of carbonyl (C=O) groups is 3. The molecule has 1 heterocycles. The Kier molecular flexibility index (Phi) is 6.74. The number of rotatable bonds is 6. The molecule has 0 unspecified atom stereocenters. The molecule has 0 atom stereocenters. The maximum atomic E-state index is 12.8. The van der Waals surface area contributed by atoms with Crippen LogP contribution >= 0.6 is 0 Å². The van der Waals surface area contributed by atoms with Gasteiger partial charge in [-0.2, -0.15) is 0 Å². The van der Waals surface area contributed by atoms with Crippen LogP contribution in [0.15, 0.2) is 30.3 Å². The lowest BCUT2D eigenvalue weighted by molar-refractivity contribution is -0.198. The van der Waals surface area contributed by atoms with Crippen LogP contribution in [-0.2, 0) is 24.0 Å². The minimum Gasteiger partial charge on any atom is -0.467 e.